The number of hydrogen-bond acceptors (Lipinski definition) is 43. The molecule has 582 valence electrons. The van der Waals surface area contributed by atoms with Crippen LogP contribution in [0.3, 0.4) is 0 Å². The number of nitrogens with one attached hydrogen (secondary N) is 1. The number of halogens is 3. The van der Waals surface area contributed by atoms with Gasteiger partial charge in [-0.15, -0.1) is 0 Å². The van der Waals surface area contributed by atoms with Gasteiger partial charge in [-0.3, -0.25) is 91.7 Å². The molecule has 107 heavy (non-hydrogen) atoms. The van der Waals surface area contributed by atoms with Gasteiger partial charge in [-0.2, -0.15) is 43.7 Å². The maximum absolute atomic E-state index is 13.8. The summed E-state index contributed by atoms with van der Waals surface area (Å²) in [6, 6.07) is 1.54. The quantitative estimate of drug-likeness (QED) is 0.0452. The first-order valence-electron chi connectivity index (χ1n) is 31.3. The van der Waals surface area contributed by atoms with Crippen molar-refractivity contribution in [2.45, 2.75) is 126 Å². The number of nitrogens with zero attached hydrogens (tertiary/aromatic N) is 14. The van der Waals surface area contributed by atoms with Gasteiger partial charge < -0.3 is 60.9 Å². The number of anilines is 3. The predicted octanol–water partition coefficient (Wildman–Crippen LogP) is 0.418. The zero-order valence-corrected chi connectivity index (χ0v) is 60.4. The molecule has 20 atom stereocenters. The van der Waals surface area contributed by atoms with E-state index in [0.29, 0.717) is 5.82 Å². The Morgan fingerprint density at radius 2 is 0.850 bits per heavy atom. The van der Waals surface area contributed by atoms with Crippen molar-refractivity contribution < 1.29 is 145 Å². The molecule has 0 aromatic carbocycles. The lowest BCUT2D eigenvalue weighted by Crippen LogP contribution is -2.36. The number of carbonyl (C=O) groups is 4. The molecule has 8 saturated heterocycles. The van der Waals surface area contributed by atoms with Gasteiger partial charge in [0.25, 0.3) is 0 Å². The first-order valence-corrected chi connectivity index (χ1v) is 37.5. The van der Waals surface area contributed by atoms with Gasteiger partial charge in [-0.25, -0.2) is 38.0 Å². The third kappa shape index (κ3) is 17.0. The van der Waals surface area contributed by atoms with Gasteiger partial charge in [-0.05, 0) is 45.4 Å². The number of methoxy groups -OCH3 is 1. The summed E-state index contributed by atoms with van der Waals surface area (Å²) in [6.07, 6.45) is -14.1. The van der Waals surface area contributed by atoms with E-state index >= 15 is 0 Å². The highest BCUT2D eigenvalue weighted by Crippen LogP contribution is 2.60. The van der Waals surface area contributed by atoms with E-state index in [4.69, 9.17) is 101 Å². The maximum Gasteiger partial charge on any atom is 0.475 e. The number of nitrogens with two attached hydrogens (primary N) is 2. The van der Waals surface area contributed by atoms with Crippen LogP contribution in [0.5, 0.6) is 5.88 Å². The number of Topliss-reactive ketones (excluding diaryl/α,β-unsaturated/α-hetero) is 4. The van der Waals surface area contributed by atoms with Gasteiger partial charge in [0.05, 0.1) is 52.5 Å². The zero-order chi connectivity index (χ0) is 76.9. The van der Waals surface area contributed by atoms with Gasteiger partial charge >= 0.3 is 49.1 Å². The van der Waals surface area contributed by atoms with Crippen molar-refractivity contribution >= 4 is 117 Å². The second kappa shape index (κ2) is 31.9. The minimum absolute atomic E-state index is 0.00688. The zero-order valence-electron chi connectivity index (χ0n) is 56.0. The lowest BCUT2D eigenvalue weighted by molar-refractivity contribution is -0.121. The second-order valence-corrected chi connectivity index (χ2v) is 30.7. The third-order valence-electron chi connectivity index (χ3n) is 16.1. The van der Waals surface area contributed by atoms with E-state index in [1.54, 1.807) is 7.05 Å². The number of nitrogen functional groups attached to an aromatic ring is 2. The monoisotopic (exact) mass is 1620 g/mol. The fourth-order valence-corrected chi connectivity index (χ4v) is 17.0. The third-order valence-corrected chi connectivity index (χ3v) is 21.9. The Labute approximate surface area is 602 Å². The molecule has 7 aromatic heterocycles. The number of ketones is 4. The Kier molecular flexibility index (Phi) is 23.7. The van der Waals surface area contributed by atoms with Crippen molar-refractivity contribution in [2.24, 2.45) is 0 Å². The molecule has 8 unspecified atom stereocenters. The SMILES string of the molecule is CC(=O)COP1(=O)OC[C@H]2O[C@@H](n3cnc4c(N)nc(Cl)nc43)C(O1)[C@H]2O.CC(=O)COP1(=O)OC[C@H]2O[C@@H](n3cnc4c(N)nc(F)nc43)C(O1)[C@H]2O.CNc1ccn([C@@H]2O[C@@H]3COP(=O)(OCC(C)=O)OC2[C@H]3O)c(=O)n1.COc1nc(F)nc2c1ncn2[C@@H]1O[C@@H]2COP(=O)(OCC(C)=O)OC1[C@H]2O. The van der Waals surface area contributed by atoms with Gasteiger partial charge in [0.1, 0.15) is 111 Å². The van der Waals surface area contributed by atoms with Crippen LogP contribution in [-0.2, 0) is 111 Å². The van der Waals surface area contributed by atoms with E-state index < -0.39 is 174 Å². The van der Waals surface area contributed by atoms with E-state index in [-0.39, 0.29) is 106 Å². The maximum atomic E-state index is 13.8. The summed E-state index contributed by atoms with van der Waals surface area (Å²) in [5.74, 6) is -1.32. The van der Waals surface area contributed by atoms with Crippen LogP contribution in [0.25, 0.3) is 33.5 Å². The molecule has 47 nitrogen and oxygen atoms in total. The van der Waals surface area contributed by atoms with Gasteiger partial charge in [0.15, 0.2) is 87.7 Å². The van der Waals surface area contributed by atoms with Crippen molar-refractivity contribution in [1.29, 1.82) is 0 Å². The Morgan fingerprint density at radius 3 is 1.20 bits per heavy atom. The molecule has 0 spiro atoms. The number of rotatable bonds is 18. The van der Waals surface area contributed by atoms with Crippen LogP contribution in [0.2, 0.25) is 5.28 Å². The summed E-state index contributed by atoms with van der Waals surface area (Å²) < 4.78 is 173. The van der Waals surface area contributed by atoms with Crippen molar-refractivity contribution in [2.75, 3.05) is 83.8 Å². The average Bonchev–Trinajstić information content (AvgIpc) is 1.62. The van der Waals surface area contributed by atoms with Crippen LogP contribution in [0.15, 0.2) is 36.0 Å². The van der Waals surface area contributed by atoms with E-state index in [0.717, 1.165) is 4.57 Å². The molecule has 0 amide bonds. The number of hydrogen-bond donors (Lipinski definition) is 7. The number of phosphoric acid groups is 4. The highest BCUT2D eigenvalue weighted by atomic mass is 35.5. The van der Waals surface area contributed by atoms with E-state index in [9.17, 15) is 71.4 Å². The van der Waals surface area contributed by atoms with Crippen LogP contribution < -0.4 is 27.2 Å². The summed E-state index contributed by atoms with van der Waals surface area (Å²) in [4.78, 5) is 94.7. The molecular weight excluding hydrogens is 1550 g/mol. The van der Waals surface area contributed by atoms with Gasteiger partial charge in [-0.1, -0.05) is 0 Å². The molecule has 8 bridgehead atoms. The summed E-state index contributed by atoms with van der Waals surface area (Å²) >= 11 is 5.86. The Balaban J connectivity index is 0.000000134. The number of fused-ring (bicyclic) bond motifs is 11. The first-order chi connectivity index (χ1) is 50.7. The lowest BCUT2D eigenvalue weighted by atomic mass is 10.1. The normalized spacial score (nSPS) is 33.4. The smallest absolute Gasteiger partial charge is 0.475 e. The molecule has 8 fully saturated rings. The molecular formula is C53H64ClF2N17O30P4. The van der Waals surface area contributed by atoms with Gasteiger partial charge in [0, 0.05) is 13.2 Å². The minimum atomic E-state index is -4.14. The second-order valence-electron chi connectivity index (χ2n) is 23.9. The number of aliphatic hydroxyl groups excluding tert-OH is 4. The van der Waals surface area contributed by atoms with E-state index in [1.807, 2.05) is 0 Å². The Bertz CT molecular complexity index is 4670. The Hall–Kier alpha value is -7.32. The summed E-state index contributed by atoms with van der Waals surface area (Å²) in [7, 11) is -13.5. The number of aliphatic hydroxyl groups is 4. The summed E-state index contributed by atoms with van der Waals surface area (Å²) in [5, 5.41) is 44.3. The van der Waals surface area contributed by atoms with Crippen molar-refractivity contribution in [3.05, 3.63) is 59.2 Å². The molecule has 15 heterocycles. The van der Waals surface area contributed by atoms with Crippen LogP contribution in [0.1, 0.15) is 52.6 Å². The number of phosphoric ester groups is 4. The largest absolute Gasteiger partial charge is 0.479 e. The summed E-state index contributed by atoms with van der Waals surface area (Å²) in [5.41, 5.74) is 11.6. The summed E-state index contributed by atoms with van der Waals surface area (Å²) in [6.45, 7) is 1.98. The molecule has 0 aliphatic carbocycles. The standard InChI is InChI=1S/C14H16FN4O8P.C13H15ClN5O7P.C13H15FN5O7P.C13H18N3O8P/c1-6(20)3-24-28(22)25-4-7-9(21)10(27-28)13(26-7)19-5-16-8-11(19)17-14(15)18-12(8)23-2;2*1-5(20)2-23-27(22)24-3-6-8(21)9(26-27)12(25-6)19-4-16-7-10(15)17-13(14)18-11(7)19;1-7(17)5-21-25(20)22-6-8-10(18)11(24-25)12(23-8)16-4-3-9(14-2)15-13(16)19/h5,7,9-10,13,21H,3-4H2,1-2H3;2*4,6,8-9,12,21H,2-3H2,1H3,(H2,15,17,18);3-4,8,10-12,18H,5-6H2,1-2H3,(H,14,15,19)/t7-,9+,10?,13-,28?;2*6-,8+,9?,12-,27?;8-,10+,11?,12-,25?/m1111/s1. The number of aromatic nitrogens is 14. The van der Waals surface area contributed by atoms with Crippen molar-refractivity contribution in [1.82, 2.24) is 68.1 Å². The van der Waals surface area contributed by atoms with E-state index in [2.05, 4.69) is 55.2 Å². The molecule has 9 N–H and O–H groups in total. The Morgan fingerprint density at radius 1 is 0.523 bits per heavy atom. The fraction of sp³-hybridized carbons (Fsp3) is 0.566. The van der Waals surface area contributed by atoms with E-state index in [1.165, 1.54) is 79.8 Å². The highest BCUT2D eigenvalue weighted by molar-refractivity contribution is 7.49. The molecule has 15 rings (SSSR count). The van der Waals surface area contributed by atoms with Crippen molar-refractivity contribution in [3.63, 3.8) is 0 Å². The average molecular weight is 1620 g/mol. The lowest BCUT2D eigenvalue weighted by Gasteiger charge is -2.26. The molecule has 8 aliphatic heterocycles. The van der Waals surface area contributed by atoms with Gasteiger partial charge in [0.2, 0.25) is 11.2 Å². The van der Waals surface area contributed by atoms with Crippen molar-refractivity contribution in [3.8, 4) is 5.88 Å². The topological polar surface area (TPSA) is 604 Å². The van der Waals surface area contributed by atoms with Crippen LogP contribution in [-0.4, -0.2) is 252 Å². The highest BCUT2D eigenvalue weighted by Gasteiger charge is 2.58. The number of ether oxygens (including phenoxy) is 5. The number of imidazole rings is 3. The predicted molar refractivity (Wildman–Crippen MR) is 344 cm³/mol. The molecule has 7 aromatic rings. The minimum Gasteiger partial charge on any atom is -0.479 e. The first kappa shape index (κ1) is 79.2. The molecule has 8 aliphatic rings. The van der Waals surface area contributed by atoms with Crippen LogP contribution in [0.4, 0.5) is 26.2 Å². The number of carbonyl (C=O) groups excluding carboxylic acids is 4. The van der Waals surface area contributed by atoms with Crippen LogP contribution in [0, 0.1) is 12.2 Å². The van der Waals surface area contributed by atoms with Crippen LogP contribution >= 0.6 is 42.9 Å². The molecule has 0 saturated carbocycles. The molecule has 54 heteroatoms. The molecule has 0 radical (unpaired) electrons. The fourth-order valence-electron chi connectivity index (χ4n) is 11.2.